The van der Waals surface area contributed by atoms with Crippen molar-refractivity contribution in [2.45, 2.75) is 18.9 Å². The van der Waals surface area contributed by atoms with Gasteiger partial charge in [-0.15, -0.1) is 0 Å². The van der Waals surface area contributed by atoms with Crippen LogP contribution in [0.2, 0.25) is 0 Å². The number of nitrogens with one attached hydrogen (secondary N) is 1. The molecular weight excluding hydrogens is 364 g/mol. The highest BCUT2D eigenvalue weighted by atomic mass is 16.3. The number of hydrogen-bond acceptors (Lipinski definition) is 4. The van der Waals surface area contributed by atoms with Crippen LogP contribution in [-0.4, -0.2) is 32.2 Å². The van der Waals surface area contributed by atoms with Crippen molar-refractivity contribution in [2.24, 2.45) is 0 Å². The second kappa shape index (κ2) is 8.67. The number of aliphatic hydroxyl groups excluding tert-OH is 1. The average molecular weight is 386 g/mol. The number of aliphatic hydroxyl groups is 1. The fourth-order valence-corrected chi connectivity index (χ4v) is 3.33. The summed E-state index contributed by atoms with van der Waals surface area (Å²) in [4.78, 5) is 20.9. The lowest BCUT2D eigenvalue weighted by atomic mass is 10.0. The van der Waals surface area contributed by atoms with Gasteiger partial charge >= 0.3 is 0 Å². The van der Waals surface area contributed by atoms with Crippen LogP contribution < -0.4 is 5.32 Å². The number of aromatic nitrogens is 3. The van der Waals surface area contributed by atoms with E-state index in [1.54, 1.807) is 23.2 Å². The third-order valence-electron chi connectivity index (χ3n) is 4.92. The minimum absolute atomic E-state index is 0.313. The average Bonchev–Trinajstić information content (AvgIpc) is 3.27. The molecule has 2 heterocycles. The van der Waals surface area contributed by atoms with Gasteiger partial charge in [0, 0.05) is 17.8 Å². The number of pyridine rings is 1. The van der Waals surface area contributed by atoms with Gasteiger partial charge in [0.1, 0.15) is 6.04 Å². The summed E-state index contributed by atoms with van der Waals surface area (Å²) in [5.41, 5.74) is 4.00. The van der Waals surface area contributed by atoms with Gasteiger partial charge in [0.2, 0.25) is 5.91 Å². The molecule has 0 aliphatic heterocycles. The lowest BCUT2D eigenvalue weighted by molar-refractivity contribution is -0.120. The number of benzene rings is 2. The maximum Gasteiger partial charge on any atom is 0.249 e. The second-order valence-electron chi connectivity index (χ2n) is 6.93. The summed E-state index contributed by atoms with van der Waals surface area (Å²) >= 11 is 0. The summed E-state index contributed by atoms with van der Waals surface area (Å²) in [6, 6.07) is 17.8. The molecule has 0 bridgehead atoms. The monoisotopic (exact) mass is 386 g/mol. The normalized spacial score (nSPS) is 12.0. The van der Waals surface area contributed by atoms with Gasteiger partial charge in [-0.25, -0.2) is 4.98 Å². The zero-order chi connectivity index (χ0) is 20.1. The summed E-state index contributed by atoms with van der Waals surface area (Å²) in [6.45, 7) is -0.313. The highest BCUT2D eigenvalue weighted by molar-refractivity contribution is 5.95. The molecular formula is C23H22N4O2. The Morgan fingerprint density at radius 1 is 1.07 bits per heavy atom. The van der Waals surface area contributed by atoms with Crippen LogP contribution in [0.5, 0.6) is 0 Å². The number of carbonyl (C=O) groups is 1. The Kier molecular flexibility index (Phi) is 5.63. The number of hydrogen-bond donors (Lipinski definition) is 2. The Hall–Kier alpha value is -3.51. The van der Waals surface area contributed by atoms with E-state index in [4.69, 9.17) is 0 Å². The van der Waals surface area contributed by atoms with Crippen molar-refractivity contribution in [3.63, 3.8) is 0 Å². The van der Waals surface area contributed by atoms with E-state index in [2.05, 4.69) is 51.7 Å². The van der Waals surface area contributed by atoms with E-state index >= 15 is 0 Å². The molecule has 0 aliphatic carbocycles. The highest BCUT2D eigenvalue weighted by Crippen LogP contribution is 2.20. The van der Waals surface area contributed by atoms with Gasteiger partial charge in [-0.2, -0.15) is 0 Å². The maximum absolute atomic E-state index is 12.6. The van der Waals surface area contributed by atoms with Gasteiger partial charge in [0.15, 0.2) is 0 Å². The molecule has 146 valence electrons. The second-order valence-corrected chi connectivity index (χ2v) is 6.93. The predicted octanol–water partition coefficient (Wildman–Crippen LogP) is 3.39. The van der Waals surface area contributed by atoms with Crippen LogP contribution in [0.25, 0.3) is 10.9 Å². The summed E-state index contributed by atoms with van der Waals surface area (Å²) in [5.74, 6) is -0.313. The Bertz CT molecular complexity index is 1090. The number of anilines is 1. The van der Waals surface area contributed by atoms with Crippen molar-refractivity contribution in [1.29, 1.82) is 0 Å². The third-order valence-corrected chi connectivity index (χ3v) is 4.92. The highest BCUT2D eigenvalue weighted by Gasteiger charge is 2.19. The zero-order valence-electron chi connectivity index (χ0n) is 15.9. The Balaban J connectivity index is 1.49. The van der Waals surface area contributed by atoms with Crippen molar-refractivity contribution in [3.8, 4) is 0 Å². The minimum atomic E-state index is -0.731. The molecule has 4 rings (SSSR count). The molecule has 1 amide bonds. The molecule has 0 saturated heterocycles. The van der Waals surface area contributed by atoms with E-state index in [1.807, 2.05) is 18.2 Å². The van der Waals surface area contributed by atoms with Gasteiger partial charge in [-0.05, 0) is 42.2 Å². The molecule has 6 nitrogen and oxygen atoms in total. The van der Waals surface area contributed by atoms with Crippen molar-refractivity contribution >= 4 is 22.5 Å². The Labute approximate surface area is 168 Å². The molecule has 6 heteroatoms. The number of fused-ring (bicyclic) bond motifs is 1. The summed E-state index contributed by atoms with van der Waals surface area (Å²) in [6.07, 6.45) is 8.27. The van der Waals surface area contributed by atoms with Gasteiger partial charge in [-0.3, -0.25) is 9.78 Å². The first-order valence-electron chi connectivity index (χ1n) is 9.55. The van der Waals surface area contributed by atoms with Gasteiger partial charge in [0.05, 0.1) is 30.3 Å². The first-order chi connectivity index (χ1) is 14.2. The van der Waals surface area contributed by atoms with E-state index < -0.39 is 6.04 Å². The molecule has 0 spiro atoms. The van der Waals surface area contributed by atoms with Crippen LogP contribution in [0.4, 0.5) is 5.69 Å². The fraction of sp³-hybridized carbons (Fsp3) is 0.174. The number of carbonyl (C=O) groups excluding carboxylic acids is 1. The van der Waals surface area contributed by atoms with Crippen molar-refractivity contribution in [2.75, 3.05) is 11.9 Å². The molecule has 1 atom stereocenters. The van der Waals surface area contributed by atoms with Crippen LogP contribution in [0.1, 0.15) is 17.2 Å². The first-order valence-corrected chi connectivity index (χ1v) is 9.55. The van der Waals surface area contributed by atoms with E-state index in [1.165, 1.54) is 17.5 Å². The van der Waals surface area contributed by atoms with Crippen LogP contribution in [-0.2, 0) is 17.6 Å². The molecule has 0 fully saturated rings. The number of amides is 1. The van der Waals surface area contributed by atoms with Crippen LogP contribution >= 0.6 is 0 Å². The summed E-state index contributed by atoms with van der Waals surface area (Å²) in [5, 5.41) is 13.4. The number of imidazole rings is 1. The predicted molar refractivity (Wildman–Crippen MR) is 113 cm³/mol. The van der Waals surface area contributed by atoms with Gasteiger partial charge in [-0.1, -0.05) is 36.4 Å². The van der Waals surface area contributed by atoms with Crippen LogP contribution in [0.15, 0.2) is 79.5 Å². The largest absolute Gasteiger partial charge is 0.394 e. The van der Waals surface area contributed by atoms with Crippen molar-refractivity contribution in [3.05, 3.63) is 90.6 Å². The third kappa shape index (κ3) is 4.50. The molecule has 0 saturated carbocycles. The number of nitrogens with zero attached hydrogens (tertiary/aromatic N) is 3. The molecule has 0 aliphatic rings. The lowest BCUT2D eigenvalue weighted by Gasteiger charge is -2.15. The van der Waals surface area contributed by atoms with E-state index in [0.717, 1.165) is 23.7 Å². The van der Waals surface area contributed by atoms with Crippen LogP contribution in [0, 0.1) is 0 Å². The lowest BCUT2D eigenvalue weighted by Crippen LogP contribution is -2.28. The smallest absolute Gasteiger partial charge is 0.249 e. The van der Waals surface area contributed by atoms with Gasteiger partial charge in [0.25, 0.3) is 0 Å². The van der Waals surface area contributed by atoms with E-state index in [0.29, 0.717) is 5.69 Å². The SMILES string of the molecule is O=C(Nc1cnc2ccc(CCc3ccccc3)cc2c1)[C@H](CO)n1ccnc1. The van der Waals surface area contributed by atoms with Crippen molar-refractivity contribution in [1.82, 2.24) is 14.5 Å². The molecule has 2 aromatic heterocycles. The number of rotatable bonds is 7. The quantitative estimate of drug-likeness (QED) is 0.510. The zero-order valence-corrected chi connectivity index (χ0v) is 15.9. The minimum Gasteiger partial charge on any atom is -0.394 e. The van der Waals surface area contributed by atoms with E-state index in [-0.39, 0.29) is 12.5 Å². The van der Waals surface area contributed by atoms with Crippen molar-refractivity contribution < 1.29 is 9.90 Å². The van der Waals surface area contributed by atoms with Gasteiger partial charge < -0.3 is 15.0 Å². The number of aryl methyl sites for hydroxylation is 2. The standard InChI is InChI=1S/C23H22N4O2/c28-15-22(27-11-10-24-16-27)23(29)26-20-13-19-12-18(8-9-21(19)25-14-20)7-6-17-4-2-1-3-5-17/h1-5,8-14,16,22,28H,6-7,15H2,(H,26,29)/t22-/m0/s1. The summed E-state index contributed by atoms with van der Waals surface area (Å²) in [7, 11) is 0. The molecule has 2 N–H and O–H groups in total. The molecule has 29 heavy (non-hydrogen) atoms. The summed E-state index contributed by atoms with van der Waals surface area (Å²) < 4.78 is 1.57. The Morgan fingerprint density at radius 2 is 1.90 bits per heavy atom. The molecule has 4 aromatic rings. The Morgan fingerprint density at radius 3 is 2.66 bits per heavy atom. The fourth-order valence-electron chi connectivity index (χ4n) is 3.33. The first kappa shape index (κ1) is 18.8. The van der Waals surface area contributed by atoms with E-state index in [9.17, 15) is 9.90 Å². The van der Waals surface area contributed by atoms with Crippen LogP contribution in [0.3, 0.4) is 0 Å². The molecule has 2 aromatic carbocycles. The molecule has 0 unspecified atom stereocenters. The maximum atomic E-state index is 12.6. The topological polar surface area (TPSA) is 80.0 Å². The molecule has 0 radical (unpaired) electrons.